The van der Waals surface area contributed by atoms with Crippen molar-refractivity contribution in [2.24, 2.45) is 0 Å². The Kier molecular flexibility index (Phi) is 40.9. The van der Waals surface area contributed by atoms with Gasteiger partial charge in [0.2, 0.25) is 0 Å². The highest BCUT2D eigenvalue weighted by Crippen LogP contribution is 2.34. The molecule has 0 unspecified atom stereocenters. The zero-order chi connectivity index (χ0) is 52.9. The van der Waals surface area contributed by atoms with Crippen LogP contribution < -0.4 is 15.7 Å². The van der Waals surface area contributed by atoms with Crippen LogP contribution in [0.25, 0.3) is 0 Å². The summed E-state index contributed by atoms with van der Waals surface area (Å²) in [6.07, 6.45) is 48.3. The van der Waals surface area contributed by atoms with Crippen LogP contribution in [-0.4, -0.2) is 41.4 Å². The van der Waals surface area contributed by atoms with Gasteiger partial charge in [0.05, 0.1) is 23.3 Å². The minimum Gasteiger partial charge on any atom is -0.467 e. The maximum Gasteiger partial charge on any atom is 0.408 e. The van der Waals surface area contributed by atoms with Gasteiger partial charge in [-0.25, -0.2) is 9.59 Å². The molecule has 73 heavy (non-hydrogen) atoms. The van der Waals surface area contributed by atoms with E-state index in [1.165, 1.54) is 280 Å². The maximum absolute atomic E-state index is 14.0. The average molecular weight is 1050 g/mol. The largest absolute Gasteiger partial charge is 0.467 e. The fraction of sp³-hybridized carbons (Fsp3) is 0.788. The molecule has 7 heteroatoms. The van der Waals surface area contributed by atoms with Gasteiger partial charge < -0.3 is 14.8 Å². The summed E-state index contributed by atoms with van der Waals surface area (Å²) < 4.78 is 11.5. The van der Waals surface area contributed by atoms with Gasteiger partial charge in [-0.15, -0.1) is 0 Å². The van der Waals surface area contributed by atoms with Crippen molar-refractivity contribution in [2.45, 2.75) is 328 Å². The topological polar surface area (TPSA) is 64.6 Å². The lowest BCUT2D eigenvalue weighted by atomic mass is 10.1. The molecule has 0 saturated heterocycles. The lowest BCUT2D eigenvalue weighted by molar-refractivity contribution is -0.143. The molecule has 0 spiro atoms. The summed E-state index contributed by atoms with van der Waals surface area (Å²) in [6.45, 7) is 14.3. The Morgan fingerprint density at radius 3 is 1.01 bits per heavy atom. The second-order valence-electron chi connectivity index (χ2n) is 23.1. The molecule has 1 N–H and O–H groups in total. The van der Waals surface area contributed by atoms with Gasteiger partial charge in [0.25, 0.3) is 0 Å². The number of ether oxygens (including phenoxy) is 2. The second-order valence-corrected chi connectivity index (χ2v) is 32.3. The van der Waals surface area contributed by atoms with Crippen LogP contribution in [-0.2, 0) is 27.3 Å². The van der Waals surface area contributed by atoms with Crippen molar-refractivity contribution < 1.29 is 19.1 Å². The van der Waals surface area contributed by atoms with E-state index >= 15 is 0 Å². The number of nitrogens with one attached hydrogen (secondary N) is 1. The number of methoxy groups -OCH3 is 1. The van der Waals surface area contributed by atoms with Crippen LogP contribution in [0.4, 0.5) is 4.79 Å². The first-order valence-corrected chi connectivity index (χ1v) is 37.2. The van der Waals surface area contributed by atoms with Crippen LogP contribution in [0.2, 0.25) is 36.3 Å². The summed E-state index contributed by atoms with van der Waals surface area (Å²) in [6, 6.07) is 25.5. The third-order valence-corrected chi connectivity index (χ3v) is 27.6. The maximum atomic E-state index is 14.0. The van der Waals surface area contributed by atoms with Crippen molar-refractivity contribution in [2.75, 3.05) is 7.11 Å². The fourth-order valence-corrected chi connectivity index (χ4v) is 22.8. The summed E-state index contributed by atoms with van der Waals surface area (Å²) in [4.78, 5) is 27.1. The normalized spacial score (nSPS) is 12.3. The standard InChI is InChI=1S/C66H119NO4Si2/c1-8-14-20-26-32-41-49-72(50-42-33-27-21-15-9-2,51-43-34-28-22-16-10-3)62-55-61(59-71-66(69)67-64(65(68)70-7)57-60-47-39-38-40-48-60)56-63(58-62)73(52-44-35-29-23-17-11-4,53-45-36-30-24-18-12-5)54-46-37-31-25-19-13-6/h38-40,47-48,55-56,58,64H,8-37,41-46,49-54,57,59H2,1-7H3,(H,67,69)/t64-/m0/s1. The molecule has 2 aromatic carbocycles. The van der Waals surface area contributed by atoms with Crippen LogP contribution in [0, 0.1) is 0 Å². The molecule has 0 saturated carbocycles. The Morgan fingerprint density at radius 1 is 0.411 bits per heavy atom. The molecular formula is C66H119NO4Si2. The van der Waals surface area contributed by atoms with Crippen molar-refractivity contribution in [3.05, 3.63) is 59.7 Å². The second kappa shape index (κ2) is 44.7. The van der Waals surface area contributed by atoms with Crippen molar-refractivity contribution >= 4 is 38.6 Å². The molecule has 420 valence electrons. The summed E-state index contributed by atoms with van der Waals surface area (Å²) in [5, 5.41) is 6.37. The first kappa shape index (κ1) is 66.7. The van der Waals surface area contributed by atoms with Crippen LogP contribution in [0.5, 0.6) is 0 Å². The van der Waals surface area contributed by atoms with Crippen molar-refractivity contribution in [1.29, 1.82) is 0 Å². The Bertz CT molecular complexity index is 1440. The van der Waals surface area contributed by atoms with Gasteiger partial charge in [-0.2, -0.15) is 0 Å². The number of carbonyl (C=O) groups is 2. The molecule has 0 bridgehead atoms. The van der Waals surface area contributed by atoms with E-state index in [0.29, 0.717) is 6.42 Å². The van der Waals surface area contributed by atoms with E-state index in [-0.39, 0.29) is 6.61 Å². The van der Waals surface area contributed by atoms with E-state index in [0.717, 1.165) is 5.56 Å². The Morgan fingerprint density at radius 2 is 0.712 bits per heavy atom. The van der Waals surface area contributed by atoms with Gasteiger partial charge in [0, 0.05) is 6.42 Å². The molecule has 0 aliphatic carbocycles. The first-order valence-electron chi connectivity index (χ1n) is 32.0. The molecule has 1 atom stereocenters. The van der Waals surface area contributed by atoms with E-state index in [9.17, 15) is 9.59 Å². The molecule has 5 nitrogen and oxygen atoms in total. The zero-order valence-electron chi connectivity index (χ0n) is 49.4. The lowest BCUT2D eigenvalue weighted by Crippen LogP contribution is -2.53. The molecular weight excluding hydrogens is 927 g/mol. The predicted molar refractivity (Wildman–Crippen MR) is 326 cm³/mol. The molecule has 0 fully saturated rings. The molecule has 0 radical (unpaired) electrons. The minimum absolute atomic E-state index is 0.233. The molecule has 0 heterocycles. The highest BCUT2D eigenvalue weighted by molar-refractivity contribution is 6.94. The lowest BCUT2D eigenvalue weighted by Gasteiger charge is -2.38. The van der Waals surface area contributed by atoms with E-state index in [4.69, 9.17) is 9.47 Å². The van der Waals surface area contributed by atoms with Gasteiger partial charge in [-0.3, -0.25) is 0 Å². The number of esters is 1. The van der Waals surface area contributed by atoms with Crippen LogP contribution >= 0.6 is 0 Å². The summed E-state index contributed by atoms with van der Waals surface area (Å²) in [7, 11) is -2.64. The predicted octanol–water partition coefficient (Wildman–Crippen LogP) is 20.2. The van der Waals surface area contributed by atoms with Crippen molar-refractivity contribution in [3.63, 3.8) is 0 Å². The van der Waals surface area contributed by atoms with E-state index in [1.54, 1.807) is 10.4 Å². The number of unbranched alkanes of at least 4 members (excludes halogenated alkanes) is 30. The molecule has 2 aromatic rings. The van der Waals surface area contributed by atoms with Gasteiger partial charge in [-0.1, -0.05) is 368 Å². The van der Waals surface area contributed by atoms with Gasteiger partial charge in [0.15, 0.2) is 0 Å². The first-order chi connectivity index (χ1) is 35.8. The highest BCUT2D eigenvalue weighted by Gasteiger charge is 2.38. The summed E-state index contributed by atoms with van der Waals surface area (Å²) >= 11 is 0. The van der Waals surface area contributed by atoms with Crippen LogP contribution in [0.15, 0.2) is 48.5 Å². The highest BCUT2D eigenvalue weighted by atomic mass is 28.3. The third-order valence-electron chi connectivity index (χ3n) is 16.7. The van der Waals surface area contributed by atoms with Crippen molar-refractivity contribution in [1.82, 2.24) is 5.32 Å². The monoisotopic (exact) mass is 1050 g/mol. The van der Waals surface area contributed by atoms with E-state index < -0.39 is 34.3 Å². The molecule has 0 aromatic heterocycles. The van der Waals surface area contributed by atoms with Gasteiger partial charge >= 0.3 is 12.1 Å². The Hall–Kier alpha value is -2.39. The Labute approximate surface area is 455 Å². The van der Waals surface area contributed by atoms with Gasteiger partial charge in [-0.05, 0) is 11.1 Å². The summed E-state index contributed by atoms with van der Waals surface area (Å²) in [5.41, 5.74) is 2.16. The van der Waals surface area contributed by atoms with Crippen LogP contribution in [0.1, 0.15) is 284 Å². The van der Waals surface area contributed by atoms with Crippen molar-refractivity contribution in [3.8, 4) is 0 Å². The quantitative estimate of drug-likeness (QED) is 0.0407. The number of hydrogen-bond donors (Lipinski definition) is 1. The molecule has 0 aliphatic heterocycles. The third kappa shape index (κ3) is 30.2. The zero-order valence-corrected chi connectivity index (χ0v) is 51.4. The SMILES string of the molecule is CCCCCCCC[Si](CCCCCCCC)(CCCCCCCC)c1cc(COC(=O)N[C@@H](Cc2ccccc2)C(=O)OC)cc([Si](CCCCCCCC)(CCCCCCCC)CCCCCCCC)c1. The molecule has 2 rings (SSSR count). The number of amides is 1. The molecule has 1 amide bonds. The number of benzene rings is 2. The number of rotatable bonds is 50. The number of alkyl carbamates (subject to hydrolysis) is 1. The van der Waals surface area contributed by atoms with Gasteiger partial charge in [0.1, 0.15) is 12.6 Å². The Balaban J connectivity index is 2.88. The summed E-state index contributed by atoms with van der Waals surface area (Å²) in [5.74, 6) is -0.449. The van der Waals surface area contributed by atoms with E-state index in [2.05, 4.69) is 65.1 Å². The number of carbonyl (C=O) groups excluding carboxylic acids is 2. The van der Waals surface area contributed by atoms with Crippen LogP contribution in [0.3, 0.4) is 0 Å². The average Bonchev–Trinajstić information content (AvgIpc) is 3.41. The fourth-order valence-electron chi connectivity index (χ4n) is 12.0. The molecule has 0 aliphatic rings. The smallest absolute Gasteiger partial charge is 0.408 e. The van der Waals surface area contributed by atoms with E-state index in [1.807, 2.05) is 30.3 Å². The minimum atomic E-state index is -2.02. The number of hydrogen-bond acceptors (Lipinski definition) is 4.